The molecule has 6 nitrogen and oxygen atoms in total. The second kappa shape index (κ2) is 6.39. The van der Waals surface area contributed by atoms with Crippen molar-refractivity contribution in [2.45, 2.75) is 44.1 Å². The molecule has 2 aromatic heterocycles. The van der Waals surface area contributed by atoms with Crippen LogP contribution in [0.15, 0.2) is 37.1 Å². The number of nitrogens with zero attached hydrogens (tertiary/aromatic N) is 3. The van der Waals surface area contributed by atoms with Gasteiger partial charge in [-0.1, -0.05) is 6.07 Å². The molecule has 122 valence electrons. The summed E-state index contributed by atoms with van der Waals surface area (Å²) in [5, 5.41) is 3.66. The fourth-order valence-electron chi connectivity index (χ4n) is 3.49. The van der Waals surface area contributed by atoms with Crippen molar-refractivity contribution in [2.24, 2.45) is 0 Å². The van der Waals surface area contributed by atoms with Crippen LogP contribution < -0.4 is 5.32 Å². The minimum Gasteiger partial charge on any atom is -0.348 e. The number of hydrogen-bond donors (Lipinski definition) is 1. The molecule has 1 aliphatic carbocycles. The summed E-state index contributed by atoms with van der Waals surface area (Å²) in [5.74, 6) is 0.654. The van der Waals surface area contributed by atoms with Crippen molar-refractivity contribution >= 4 is 0 Å². The van der Waals surface area contributed by atoms with Crippen molar-refractivity contribution in [1.29, 1.82) is 0 Å². The average Bonchev–Trinajstić information content (AvgIpc) is 3.27. The summed E-state index contributed by atoms with van der Waals surface area (Å²) in [5.41, 5.74) is 1.18. The van der Waals surface area contributed by atoms with E-state index in [4.69, 9.17) is 9.47 Å². The normalized spacial score (nSPS) is 21.0. The van der Waals surface area contributed by atoms with E-state index in [0.29, 0.717) is 6.04 Å². The van der Waals surface area contributed by atoms with Crippen LogP contribution >= 0.6 is 0 Å². The highest BCUT2D eigenvalue weighted by atomic mass is 16.7. The number of ether oxygens (including phenoxy) is 2. The number of rotatable bonds is 4. The van der Waals surface area contributed by atoms with Crippen LogP contribution in [0.2, 0.25) is 0 Å². The summed E-state index contributed by atoms with van der Waals surface area (Å²) >= 11 is 0. The van der Waals surface area contributed by atoms with Gasteiger partial charge in [-0.3, -0.25) is 4.57 Å². The van der Waals surface area contributed by atoms with E-state index in [9.17, 15) is 0 Å². The molecule has 0 amide bonds. The molecule has 2 fully saturated rings. The van der Waals surface area contributed by atoms with E-state index >= 15 is 0 Å². The van der Waals surface area contributed by atoms with Crippen LogP contribution in [0.5, 0.6) is 0 Å². The first-order chi connectivity index (χ1) is 11.3. The first-order valence-corrected chi connectivity index (χ1v) is 8.28. The predicted molar refractivity (Wildman–Crippen MR) is 85.1 cm³/mol. The number of imidazole rings is 1. The molecule has 1 N–H and O–H groups in total. The molecule has 1 aliphatic heterocycles. The molecule has 1 saturated carbocycles. The Morgan fingerprint density at radius 1 is 1.22 bits per heavy atom. The van der Waals surface area contributed by atoms with E-state index in [0.717, 1.165) is 51.3 Å². The monoisotopic (exact) mass is 314 g/mol. The zero-order valence-corrected chi connectivity index (χ0v) is 13.1. The maximum atomic E-state index is 5.79. The average molecular weight is 314 g/mol. The summed E-state index contributed by atoms with van der Waals surface area (Å²) in [4.78, 5) is 8.59. The number of hydrogen-bond acceptors (Lipinski definition) is 5. The summed E-state index contributed by atoms with van der Waals surface area (Å²) in [7, 11) is 0. The lowest BCUT2D eigenvalue weighted by molar-refractivity contribution is -0.179. The Bertz CT molecular complexity index is 628. The minimum absolute atomic E-state index is 0.283. The molecular formula is C17H22N4O2. The first kappa shape index (κ1) is 14.8. The van der Waals surface area contributed by atoms with Crippen LogP contribution in [0.25, 0.3) is 5.82 Å². The van der Waals surface area contributed by atoms with Crippen molar-refractivity contribution in [3.8, 4) is 5.82 Å². The van der Waals surface area contributed by atoms with E-state index in [1.165, 1.54) is 5.56 Å². The zero-order valence-electron chi connectivity index (χ0n) is 13.1. The smallest absolute Gasteiger partial charge is 0.168 e. The lowest BCUT2D eigenvalue weighted by Gasteiger charge is -2.35. The Hall–Kier alpha value is -1.76. The maximum Gasteiger partial charge on any atom is 0.168 e. The largest absolute Gasteiger partial charge is 0.348 e. The van der Waals surface area contributed by atoms with Crippen LogP contribution in [0, 0.1) is 0 Å². The minimum atomic E-state index is -0.283. The summed E-state index contributed by atoms with van der Waals surface area (Å²) in [6.07, 6.45) is 11.4. The van der Waals surface area contributed by atoms with Gasteiger partial charge in [0.1, 0.15) is 12.1 Å². The molecule has 23 heavy (non-hydrogen) atoms. The number of aromatic nitrogens is 3. The van der Waals surface area contributed by atoms with Crippen LogP contribution in [0.3, 0.4) is 0 Å². The van der Waals surface area contributed by atoms with Crippen molar-refractivity contribution in [2.75, 3.05) is 13.2 Å². The van der Waals surface area contributed by atoms with Crippen LogP contribution in [-0.2, 0) is 16.0 Å². The number of pyridine rings is 1. The number of nitrogens with one attached hydrogen (secondary N) is 1. The SMILES string of the molecule is c1cnc(-n2ccnc2)c(CNC2CCC3(CC2)OCCO3)c1. The third kappa shape index (κ3) is 3.15. The van der Waals surface area contributed by atoms with Gasteiger partial charge in [0, 0.05) is 49.6 Å². The molecule has 0 unspecified atom stereocenters. The van der Waals surface area contributed by atoms with Crippen LogP contribution in [-0.4, -0.2) is 39.6 Å². The highest BCUT2D eigenvalue weighted by Gasteiger charge is 2.40. The Kier molecular flexibility index (Phi) is 4.11. The topological polar surface area (TPSA) is 61.2 Å². The third-order valence-electron chi connectivity index (χ3n) is 4.76. The van der Waals surface area contributed by atoms with Gasteiger partial charge in [0.05, 0.1) is 13.2 Å². The van der Waals surface area contributed by atoms with Gasteiger partial charge in [-0.25, -0.2) is 9.97 Å². The Morgan fingerprint density at radius 2 is 2.04 bits per heavy atom. The van der Waals surface area contributed by atoms with E-state index in [2.05, 4.69) is 21.4 Å². The van der Waals surface area contributed by atoms with E-state index in [-0.39, 0.29) is 5.79 Å². The lowest BCUT2D eigenvalue weighted by atomic mass is 9.90. The summed E-state index contributed by atoms with van der Waals surface area (Å²) in [6, 6.07) is 4.60. The molecule has 4 rings (SSSR count). The van der Waals surface area contributed by atoms with Gasteiger partial charge in [0.25, 0.3) is 0 Å². The van der Waals surface area contributed by atoms with Crippen LogP contribution in [0.1, 0.15) is 31.2 Å². The lowest BCUT2D eigenvalue weighted by Crippen LogP contribution is -2.41. The van der Waals surface area contributed by atoms with Crippen LogP contribution in [0.4, 0.5) is 0 Å². The van der Waals surface area contributed by atoms with E-state index in [1.807, 2.05) is 23.0 Å². The molecule has 0 atom stereocenters. The molecule has 0 aromatic carbocycles. The summed E-state index contributed by atoms with van der Waals surface area (Å²) < 4.78 is 13.5. The van der Waals surface area contributed by atoms with Crippen molar-refractivity contribution < 1.29 is 9.47 Å². The highest BCUT2D eigenvalue weighted by Crippen LogP contribution is 2.35. The van der Waals surface area contributed by atoms with Gasteiger partial charge in [0.15, 0.2) is 5.79 Å². The quantitative estimate of drug-likeness (QED) is 0.936. The molecule has 3 heterocycles. The fraction of sp³-hybridized carbons (Fsp3) is 0.529. The maximum absolute atomic E-state index is 5.79. The van der Waals surface area contributed by atoms with E-state index in [1.54, 1.807) is 12.5 Å². The third-order valence-corrected chi connectivity index (χ3v) is 4.76. The van der Waals surface area contributed by atoms with Crippen molar-refractivity contribution in [3.05, 3.63) is 42.6 Å². The Labute approximate surface area is 135 Å². The van der Waals surface area contributed by atoms with Gasteiger partial charge in [-0.15, -0.1) is 0 Å². The molecule has 1 saturated heterocycles. The van der Waals surface area contributed by atoms with Gasteiger partial charge in [-0.2, -0.15) is 0 Å². The van der Waals surface area contributed by atoms with Crippen molar-refractivity contribution in [3.63, 3.8) is 0 Å². The van der Waals surface area contributed by atoms with Gasteiger partial charge < -0.3 is 14.8 Å². The second-order valence-corrected chi connectivity index (χ2v) is 6.22. The van der Waals surface area contributed by atoms with Gasteiger partial charge in [0.2, 0.25) is 0 Å². The molecule has 2 aliphatic rings. The fourth-order valence-corrected chi connectivity index (χ4v) is 3.49. The van der Waals surface area contributed by atoms with Gasteiger partial charge in [-0.05, 0) is 18.9 Å². The predicted octanol–water partition coefficient (Wildman–Crippen LogP) is 2.04. The molecular weight excluding hydrogens is 292 g/mol. The second-order valence-electron chi connectivity index (χ2n) is 6.22. The molecule has 0 bridgehead atoms. The van der Waals surface area contributed by atoms with Gasteiger partial charge >= 0.3 is 0 Å². The molecule has 1 spiro atoms. The Morgan fingerprint density at radius 3 is 2.78 bits per heavy atom. The highest BCUT2D eigenvalue weighted by molar-refractivity contribution is 5.33. The molecule has 6 heteroatoms. The zero-order chi connectivity index (χ0) is 15.5. The Balaban J connectivity index is 1.37. The summed E-state index contributed by atoms with van der Waals surface area (Å²) in [6.45, 7) is 2.28. The molecule has 2 aromatic rings. The molecule has 0 radical (unpaired) electrons. The standard InChI is InChI=1S/C17H22N4O2/c1-2-14(16(19-7-1)21-9-8-18-13-21)12-20-15-3-5-17(6-4-15)22-10-11-23-17/h1-2,7-9,13,15,20H,3-6,10-12H2. The first-order valence-electron chi connectivity index (χ1n) is 8.28. The van der Waals surface area contributed by atoms with E-state index < -0.39 is 0 Å². The van der Waals surface area contributed by atoms with Crippen molar-refractivity contribution in [1.82, 2.24) is 19.9 Å².